The third-order valence-electron chi connectivity index (χ3n) is 2.46. The minimum absolute atomic E-state index is 0.251. The molecule has 6 nitrogen and oxygen atoms in total. The first-order chi connectivity index (χ1) is 9.70. The van der Waals surface area contributed by atoms with Gasteiger partial charge in [0.15, 0.2) is 10.9 Å². The Kier molecular flexibility index (Phi) is 3.66. The number of nitrogens with one attached hydrogen (secondary N) is 1. The van der Waals surface area contributed by atoms with Crippen molar-refractivity contribution in [3.63, 3.8) is 0 Å². The Morgan fingerprint density at radius 3 is 3.10 bits per heavy atom. The largest absolute Gasteiger partial charge is 0.454 e. The van der Waals surface area contributed by atoms with Crippen molar-refractivity contribution in [2.75, 3.05) is 5.32 Å². The van der Waals surface area contributed by atoms with Crippen molar-refractivity contribution < 1.29 is 9.21 Å². The molecular weight excluding hydrogens is 344 g/mol. The van der Waals surface area contributed by atoms with Crippen LogP contribution in [0.5, 0.6) is 0 Å². The van der Waals surface area contributed by atoms with Gasteiger partial charge in [-0.25, -0.2) is 4.98 Å². The standard InChI is InChI=1S/C12H9BrN4O2S/c13-8-5-15-17(6-8)7-9-1-2-10(19-9)11(18)16-12-14-3-4-20-12/h1-6H,7H2,(H,14,16,18). The van der Waals surface area contributed by atoms with Crippen LogP contribution in [-0.2, 0) is 6.54 Å². The molecular formula is C12H9BrN4O2S. The number of nitrogens with zero attached hydrogens (tertiary/aromatic N) is 3. The van der Waals surface area contributed by atoms with Crippen LogP contribution >= 0.6 is 27.3 Å². The first-order valence-corrected chi connectivity index (χ1v) is 7.35. The minimum Gasteiger partial charge on any atom is -0.454 e. The number of halogens is 1. The summed E-state index contributed by atoms with van der Waals surface area (Å²) in [7, 11) is 0. The van der Waals surface area contributed by atoms with E-state index in [1.165, 1.54) is 11.3 Å². The second-order valence-corrected chi connectivity index (χ2v) is 5.72. The molecule has 0 unspecified atom stereocenters. The van der Waals surface area contributed by atoms with Gasteiger partial charge in [-0.3, -0.25) is 14.8 Å². The molecule has 3 aromatic rings. The van der Waals surface area contributed by atoms with Crippen LogP contribution in [0.3, 0.4) is 0 Å². The highest BCUT2D eigenvalue weighted by Gasteiger charge is 2.12. The maximum Gasteiger partial charge on any atom is 0.293 e. The van der Waals surface area contributed by atoms with Crippen LogP contribution in [0.15, 0.2) is 45.0 Å². The fraction of sp³-hybridized carbons (Fsp3) is 0.0833. The Morgan fingerprint density at radius 2 is 2.40 bits per heavy atom. The van der Waals surface area contributed by atoms with Crippen molar-refractivity contribution in [1.29, 1.82) is 0 Å². The molecule has 1 N–H and O–H groups in total. The predicted octanol–water partition coefficient (Wildman–Crippen LogP) is 3.00. The summed E-state index contributed by atoms with van der Waals surface area (Å²) in [6.07, 6.45) is 5.15. The van der Waals surface area contributed by atoms with Gasteiger partial charge in [-0.05, 0) is 28.1 Å². The maximum atomic E-state index is 11.9. The first-order valence-electron chi connectivity index (χ1n) is 5.68. The van der Waals surface area contributed by atoms with Gasteiger partial charge in [0.05, 0.1) is 17.2 Å². The van der Waals surface area contributed by atoms with E-state index < -0.39 is 0 Å². The van der Waals surface area contributed by atoms with Crippen LogP contribution in [0.4, 0.5) is 5.13 Å². The van der Waals surface area contributed by atoms with Gasteiger partial charge in [0.2, 0.25) is 0 Å². The average molecular weight is 353 g/mol. The Balaban J connectivity index is 1.68. The predicted molar refractivity (Wildman–Crippen MR) is 77.8 cm³/mol. The van der Waals surface area contributed by atoms with Gasteiger partial charge in [0.1, 0.15) is 5.76 Å². The normalized spacial score (nSPS) is 10.7. The van der Waals surface area contributed by atoms with Crippen LogP contribution in [0.2, 0.25) is 0 Å². The van der Waals surface area contributed by atoms with Crippen LogP contribution in [-0.4, -0.2) is 20.7 Å². The molecule has 3 rings (SSSR count). The SMILES string of the molecule is O=C(Nc1nccs1)c1ccc(Cn2cc(Br)cn2)o1. The summed E-state index contributed by atoms with van der Waals surface area (Å²) in [4.78, 5) is 15.9. The number of aromatic nitrogens is 3. The molecule has 0 aliphatic rings. The summed E-state index contributed by atoms with van der Waals surface area (Å²) in [5.74, 6) is 0.596. The summed E-state index contributed by atoms with van der Waals surface area (Å²) in [6, 6.07) is 3.39. The summed E-state index contributed by atoms with van der Waals surface area (Å²) in [5, 5.41) is 9.13. The molecule has 0 saturated carbocycles. The zero-order valence-electron chi connectivity index (χ0n) is 10.1. The highest BCUT2D eigenvalue weighted by molar-refractivity contribution is 9.10. The van der Waals surface area contributed by atoms with Gasteiger partial charge >= 0.3 is 0 Å². The number of thiazole rings is 1. The number of carbonyl (C=O) groups is 1. The molecule has 0 spiro atoms. The van der Waals surface area contributed by atoms with Crippen molar-refractivity contribution in [1.82, 2.24) is 14.8 Å². The zero-order valence-corrected chi connectivity index (χ0v) is 12.5. The molecule has 0 saturated heterocycles. The lowest BCUT2D eigenvalue weighted by atomic mass is 10.4. The molecule has 0 atom stereocenters. The smallest absolute Gasteiger partial charge is 0.293 e. The molecule has 0 aromatic carbocycles. The highest BCUT2D eigenvalue weighted by Crippen LogP contribution is 2.15. The average Bonchev–Trinajstić information content (AvgIpc) is 3.12. The number of anilines is 1. The molecule has 20 heavy (non-hydrogen) atoms. The van der Waals surface area contributed by atoms with Crippen molar-refractivity contribution in [2.24, 2.45) is 0 Å². The molecule has 0 radical (unpaired) electrons. The summed E-state index contributed by atoms with van der Waals surface area (Å²) in [6.45, 7) is 0.468. The number of hydrogen-bond donors (Lipinski definition) is 1. The highest BCUT2D eigenvalue weighted by atomic mass is 79.9. The van der Waals surface area contributed by atoms with E-state index in [-0.39, 0.29) is 11.7 Å². The van der Waals surface area contributed by atoms with Crippen LogP contribution < -0.4 is 5.32 Å². The van der Waals surface area contributed by atoms with Crippen LogP contribution in [0.25, 0.3) is 0 Å². The van der Waals surface area contributed by atoms with E-state index in [0.29, 0.717) is 17.4 Å². The molecule has 102 valence electrons. The molecule has 0 bridgehead atoms. The maximum absolute atomic E-state index is 11.9. The molecule has 8 heteroatoms. The zero-order chi connectivity index (χ0) is 13.9. The minimum atomic E-state index is -0.312. The lowest BCUT2D eigenvalue weighted by Crippen LogP contribution is -2.10. The van der Waals surface area contributed by atoms with Gasteiger partial charge in [-0.1, -0.05) is 0 Å². The fourth-order valence-corrected chi connectivity index (χ4v) is 2.47. The van der Waals surface area contributed by atoms with E-state index in [4.69, 9.17) is 4.42 Å². The molecule has 1 amide bonds. The molecule has 3 heterocycles. The van der Waals surface area contributed by atoms with E-state index in [2.05, 4.69) is 31.3 Å². The van der Waals surface area contributed by atoms with Gasteiger partial charge in [-0.15, -0.1) is 11.3 Å². The van der Waals surface area contributed by atoms with Crippen LogP contribution in [0, 0.1) is 0 Å². The number of carbonyl (C=O) groups excluding carboxylic acids is 1. The lowest BCUT2D eigenvalue weighted by molar-refractivity contribution is 0.0994. The monoisotopic (exact) mass is 352 g/mol. The summed E-state index contributed by atoms with van der Waals surface area (Å²) >= 11 is 4.68. The molecule has 0 aliphatic carbocycles. The van der Waals surface area contributed by atoms with Crippen molar-refractivity contribution in [2.45, 2.75) is 6.54 Å². The van der Waals surface area contributed by atoms with Crippen LogP contribution in [0.1, 0.15) is 16.3 Å². The first kappa shape index (κ1) is 13.1. The fourth-order valence-electron chi connectivity index (χ4n) is 1.61. The lowest BCUT2D eigenvalue weighted by Gasteiger charge is -1.99. The Bertz CT molecular complexity index is 719. The Labute approximate surface area is 126 Å². The van der Waals surface area contributed by atoms with E-state index >= 15 is 0 Å². The number of amides is 1. The Morgan fingerprint density at radius 1 is 1.50 bits per heavy atom. The quantitative estimate of drug-likeness (QED) is 0.783. The third kappa shape index (κ3) is 2.97. The summed E-state index contributed by atoms with van der Waals surface area (Å²) < 4.78 is 8.10. The van der Waals surface area contributed by atoms with Crippen molar-refractivity contribution in [3.8, 4) is 0 Å². The van der Waals surface area contributed by atoms with Gasteiger partial charge in [0.25, 0.3) is 5.91 Å². The van der Waals surface area contributed by atoms with E-state index in [9.17, 15) is 4.79 Å². The third-order valence-corrected chi connectivity index (χ3v) is 3.56. The number of hydrogen-bond acceptors (Lipinski definition) is 5. The second-order valence-electron chi connectivity index (χ2n) is 3.91. The number of rotatable bonds is 4. The number of furan rings is 1. The topological polar surface area (TPSA) is 73.0 Å². The van der Waals surface area contributed by atoms with E-state index in [0.717, 1.165) is 4.47 Å². The Hall–Kier alpha value is -1.93. The van der Waals surface area contributed by atoms with Gasteiger partial charge < -0.3 is 4.42 Å². The van der Waals surface area contributed by atoms with Gasteiger partial charge in [-0.2, -0.15) is 5.10 Å². The second kappa shape index (κ2) is 5.59. The summed E-state index contributed by atoms with van der Waals surface area (Å²) in [5.41, 5.74) is 0. The molecule has 0 fully saturated rings. The van der Waals surface area contributed by atoms with E-state index in [1.54, 1.807) is 34.6 Å². The van der Waals surface area contributed by atoms with Crippen molar-refractivity contribution in [3.05, 3.63) is 52.1 Å². The van der Waals surface area contributed by atoms with E-state index in [1.807, 2.05) is 6.20 Å². The molecule has 3 aromatic heterocycles. The van der Waals surface area contributed by atoms with Crippen molar-refractivity contribution >= 4 is 38.3 Å². The molecule has 0 aliphatic heterocycles. The van der Waals surface area contributed by atoms with Gasteiger partial charge in [0, 0.05) is 17.8 Å².